The number of nitrogens with zero attached hydrogens (tertiary/aromatic N) is 1. The Bertz CT molecular complexity index is 723. The maximum Gasteiger partial charge on any atom is 0.151 e. The number of halogens is 1. The second kappa shape index (κ2) is 7.36. The van der Waals surface area contributed by atoms with Gasteiger partial charge in [0.05, 0.1) is 0 Å². The Morgan fingerprint density at radius 2 is 1.72 bits per heavy atom. The molecule has 2 aliphatic rings. The number of Topliss-reactive ketones (excluding diaryl/α,β-unsaturated/α-hetero) is 3. The molecule has 0 radical (unpaired) electrons. The Balaban J connectivity index is 1.93. The molecule has 134 valence electrons. The van der Waals surface area contributed by atoms with Crippen molar-refractivity contribution in [3.63, 3.8) is 0 Å². The summed E-state index contributed by atoms with van der Waals surface area (Å²) < 4.78 is 0. The van der Waals surface area contributed by atoms with Gasteiger partial charge in [0.2, 0.25) is 0 Å². The molecule has 0 aliphatic heterocycles. The molecule has 1 saturated carbocycles. The number of hydrogen-bond acceptors (Lipinski definition) is 4. The van der Waals surface area contributed by atoms with Gasteiger partial charge in [-0.15, -0.1) is 0 Å². The predicted octanol–water partition coefficient (Wildman–Crippen LogP) is 3.92. The topological polar surface area (TPSA) is 64.1 Å². The van der Waals surface area contributed by atoms with Gasteiger partial charge in [-0.1, -0.05) is 18.5 Å². The average molecular weight is 362 g/mol. The minimum Gasteiger partial charge on any atom is -0.298 e. The third-order valence-corrected chi connectivity index (χ3v) is 5.77. The number of carbonyl (C=O) groups is 3. The normalized spacial score (nSPS) is 23.5. The van der Waals surface area contributed by atoms with Crippen molar-refractivity contribution in [2.45, 2.75) is 71.1 Å². The summed E-state index contributed by atoms with van der Waals surface area (Å²) in [6.07, 6.45) is 5.48. The van der Waals surface area contributed by atoms with E-state index in [0.29, 0.717) is 11.6 Å². The van der Waals surface area contributed by atoms with Crippen LogP contribution in [0.5, 0.6) is 0 Å². The standard InChI is InChI=1S/C20H24ClNO3/c1-3-6-15(23)19-16(24)9-12(10-17(19)25)18-14-8-5-4-7-13(14)11(2)22-20(18)21/h12,19H,3-10H2,1-2H3. The Labute approximate surface area is 153 Å². The highest BCUT2D eigenvalue weighted by atomic mass is 35.5. The van der Waals surface area contributed by atoms with Gasteiger partial charge >= 0.3 is 0 Å². The third-order valence-electron chi connectivity index (χ3n) is 5.48. The van der Waals surface area contributed by atoms with E-state index in [2.05, 4.69) is 4.98 Å². The number of hydrogen-bond donors (Lipinski definition) is 0. The zero-order valence-corrected chi connectivity index (χ0v) is 15.6. The van der Waals surface area contributed by atoms with Crippen LogP contribution in [0.2, 0.25) is 5.15 Å². The summed E-state index contributed by atoms with van der Waals surface area (Å²) in [7, 11) is 0. The summed E-state index contributed by atoms with van der Waals surface area (Å²) in [5.74, 6) is -2.02. The van der Waals surface area contributed by atoms with Crippen molar-refractivity contribution in [1.82, 2.24) is 4.98 Å². The van der Waals surface area contributed by atoms with Crippen LogP contribution in [-0.4, -0.2) is 22.3 Å². The Kier molecular flexibility index (Phi) is 5.38. The number of carbonyl (C=O) groups excluding carboxylic acids is 3. The molecule has 0 saturated heterocycles. The maximum atomic E-state index is 12.5. The van der Waals surface area contributed by atoms with Crippen LogP contribution in [0.1, 0.15) is 73.8 Å². The summed E-state index contributed by atoms with van der Waals surface area (Å²) in [6, 6.07) is 0. The van der Waals surface area contributed by atoms with Crippen LogP contribution in [0.15, 0.2) is 0 Å². The molecule has 0 N–H and O–H groups in total. The van der Waals surface area contributed by atoms with Crippen LogP contribution in [0.4, 0.5) is 0 Å². The van der Waals surface area contributed by atoms with E-state index >= 15 is 0 Å². The third kappa shape index (κ3) is 3.41. The summed E-state index contributed by atoms with van der Waals surface area (Å²) in [4.78, 5) is 41.7. The van der Waals surface area contributed by atoms with Crippen molar-refractivity contribution in [3.05, 3.63) is 27.5 Å². The van der Waals surface area contributed by atoms with Gasteiger partial charge < -0.3 is 0 Å². The van der Waals surface area contributed by atoms with E-state index in [-0.39, 0.29) is 42.5 Å². The molecule has 0 bridgehead atoms. The fourth-order valence-corrected chi connectivity index (χ4v) is 4.74. The zero-order valence-electron chi connectivity index (χ0n) is 14.9. The lowest BCUT2D eigenvalue weighted by Crippen LogP contribution is -2.38. The zero-order chi connectivity index (χ0) is 18.1. The molecule has 25 heavy (non-hydrogen) atoms. The molecule has 1 fully saturated rings. The first-order valence-corrected chi connectivity index (χ1v) is 9.57. The maximum absolute atomic E-state index is 12.5. The highest BCUT2D eigenvalue weighted by molar-refractivity contribution is 6.30. The lowest BCUT2D eigenvalue weighted by atomic mass is 9.72. The Hall–Kier alpha value is -1.55. The van der Waals surface area contributed by atoms with Crippen molar-refractivity contribution >= 4 is 29.0 Å². The number of rotatable bonds is 4. The van der Waals surface area contributed by atoms with E-state index in [1.807, 2.05) is 13.8 Å². The molecule has 1 aromatic heterocycles. The van der Waals surface area contributed by atoms with Gasteiger partial charge in [0.1, 0.15) is 11.1 Å². The fraction of sp³-hybridized carbons (Fsp3) is 0.600. The first-order valence-electron chi connectivity index (χ1n) is 9.19. The van der Waals surface area contributed by atoms with E-state index < -0.39 is 5.92 Å². The largest absolute Gasteiger partial charge is 0.298 e. The quantitative estimate of drug-likeness (QED) is 0.602. The van der Waals surface area contributed by atoms with Gasteiger partial charge in [-0.25, -0.2) is 4.98 Å². The molecule has 0 atom stereocenters. The molecule has 0 amide bonds. The molecule has 0 unspecified atom stereocenters. The van der Waals surface area contributed by atoms with Gasteiger partial charge in [-0.2, -0.15) is 0 Å². The van der Waals surface area contributed by atoms with E-state index in [4.69, 9.17) is 11.6 Å². The lowest BCUT2D eigenvalue weighted by Gasteiger charge is -2.30. The second-order valence-electron chi connectivity index (χ2n) is 7.25. The van der Waals surface area contributed by atoms with Gasteiger partial charge in [-0.3, -0.25) is 14.4 Å². The molecule has 0 spiro atoms. The van der Waals surface area contributed by atoms with Gasteiger partial charge in [0.15, 0.2) is 17.3 Å². The lowest BCUT2D eigenvalue weighted by molar-refractivity contribution is -0.142. The fourth-order valence-electron chi connectivity index (χ4n) is 4.34. The molecule has 1 aromatic rings. The minimum absolute atomic E-state index is 0.211. The smallest absolute Gasteiger partial charge is 0.151 e. The number of fused-ring (bicyclic) bond motifs is 1. The van der Waals surface area contributed by atoms with Gasteiger partial charge in [-0.05, 0) is 55.7 Å². The summed E-state index contributed by atoms with van der Waals surface area (Å²) in [5, 5.41) is 0.419. The van der Waals surface area contributed by atoms with Crippen molar-refractivity contribution in [2.75, 3.05) is 0 Å². The van der Waals surface area contributed by atoms with Gasteiger partial charge in [0.25, 0.3) is 0 Å². The predicted molar refractivity (Wildman–Crippen MR) is 96.0 cm³/mol. The summed E-state index contributed by atoms with van der Waals surface area (Å²) in [5.41, 5.74) is 4.25. The molecule has 2 aliphatic carbocycles. The first-order chi connectivity index (χ1) is 11.9. The van der Waals surface area contributed by atoms with Crippen LogP contribution in [-0.2, 0) is 27.2 Å². The van der Waals surface area contributed by atoms with Crippen LogP contribution in [0, 0.1) is 12.8 Å². The molecular formula is C20H24ClNO3. The molecule has 3 rings (SSSR count). The monoisotopic (exact) mass is 361 g/mol. The molecule has 4 nitrogen and oxygen atoms in total. The number of ketones is 3. The average Bonchev–Trinajstić information content (AvgIpc) is 2.54. The molecular weight excluding hydrogens is 338 g/mol. The van der Waals surface area contributed by atoms with Crippen LogP contribution in [0.3, 0.4) is 0 Å². The number of aryl methyl sites for hydroxylation is 1. The Morgan fingerprint density at radius 1 is 1.12 bits per heavy atom. The van der Waals surface area contributed by atoms with Crippen molar-refractivity contribution in [2.24, 2.45) is 5.92 Å². The van der Waals surface area contributed by atoms with Crippen LogP contribution in [0.25, 0.3) is 0 Å². The van der Waals surface area contributed by atoms with Crippen molar-refractivity contribution < 1.29 is 14.4 Å². The van der Waals surface area contributed by atoms with E-state index in [1.54, 1.807) is 0 Å². The summed E-state index contributed by atoms with van der Waals surface area (Å²) in [6.45, 7) is 3.85. The van der Waals surface area contributed by atoms with E-state index in [1.165, 1.54) is 11.1 Å². The second-order valence-corrected chi connectivity index (χ2v) is 7.61. The number of aromatic nitrogens is 1. The van der Waals surface area contributed by atoms with Crippen LogP contribution < -0.4 is 0 Å². The number of pyridine rings is 1. The highest BCUT2D eigenvalue weighted by Crippen LogP contribution is 2.41. The van der Waals surface area contributed by atoms with E-state index in [9.17, 15) is 14.4 Å². The first kappa shape index (κ1) is 18.2. The highest BCUT2D eigenvalue weighted by Gasteiger charge is 2.41. The van der Waals surface area contributed by atoms with E-state index in [0.717, 1.165) is 36.9 Å². The minimum atomic E-state index is -1.05. The SMILES string of the molecule is CCCC(=O)C1C(=O)CC(c2c(Cl)nc(C)c3c2CCCC3)CC1=O. The molecule has 0 aromatic carbocycles. The molecule has 5 heteroatoms. The van der Waals surface area contributed by atoms with Crippen LogP contribution >= 0.6 is 11.6 Å². The van der Waals surface area contributed by atoms with Gasteiger partial charge in [0, 0.05) is 30.9 Å². The molecule has 1 heterocycles. The van der Waals surface area contributed by atoms with Crippen molar-refractivity contribution in [1.29, 1.82) is 0 Å². The summed E-state index contributed by atoms with van der Waals surface area (Å²) >= 11 is 6.44. The Morgan fingerprint density at radius 3 is 2.32 bits per heavy atom. The van der Waals surface area contributed by atoms with Crippen molar-refractivity contribution in [3.8, 4) is 0 Å².